The van der Waals surface area contributed by atoms with Crippen LogP contribution in [0.2, 0.25) is 0 Å². The van der Waals surface area contributed by atoms with Crippen molar-refractivity contribution in [1.82, 2.24) is 19.7 Å². The van der Waals surface area contributed by atoms with Crippen molar-refractivity contribution in [2.45, 2.75) is 13.0 Å². The van der Waals surface area contributed by atoms with Gasteiger partial charge < -0.3 is 24.8 Å². The van der Waals surface area contributed by atoms with Crippen molar-refractivity contribution in [3.63, 3.8) is 0 Å². The van der Waals surface area contributed by atoms with Gasteiger partial charge in [0.05, 0.1) is 43.7 Å². The molecule has 1 unspecified atom stereocenters. The lowest BCUT2D eigenvalue weighted by Crippen LogP contribution is -2.31. The number of ether oxygens (including phenoxy) is 3. The number of methoxy groups -OCH3 is 3. The van der Waals surface area contributed by atoms with Gasteiger partial charge in [-0.25, -0.2) is 4.68 Å². The van der Waals surface area contributed by atoms with Crippen LogP contribution in [0.15, 0.2) is 65.4 Å². The van der Waals surface area contributed by atoms with Crippen LogP contribution in [0.4, 0.5) is 11.6 Å². The summed E-state index contributed by atoms with van der Waals surface area (Å²) in [5.41, 5.74) is 2.32. The average molecular weight is 505 g/mol. The van der Waals surface area contributed by atoms with Crippen LogP contribution >= 0.6 is 11.3 Å². The zero-order valence-electron chi connectivity index (χ0n) is 20.1. The Morgan fingerprint density at radius 2 is 1.86 bits per heavy atom. The van der Waals surface area contributed by atoms with Crippen LogP contribution in [0.3, 0.4) is 0 Å². The Kier molecular flexibility index (Phi) is 6.30. The van der Waals surface area contributed by atoms with Gasteiger partial charge in [-0.3, -0.25) is 9.78 Å². The summed E-state index contributed by atoms with van der Waals surface area (Å²) < 4.78 is 18.5. The van der Waals surface area contributed by atoms with E-state index in [9.17, 15) is 4.79 Å². The summed E-state index contributed by atoms with van der Waals surface area (Å²) >= 11 is 1.54. The predicted molar refractivity (Wildman–Crippen MR) is 137 cm³/mol. The van der Waals surface area contributed by atoms with E-state index in [0.29, 0.717) is 51.5 Å². The molecule has 0 saturated carbocycles. The smallest absolute Gasteiger partial charge is 0.255 e. The van der Waals surface area contributed by atoms with Gasteiger partial charge in [-0.2, -0.15) is 4.98 Å². The van der Waals surface area contributed by atoms with Crippen LogP contribution in [0.1, 0.15) is 18.5 Å². The molecule has 1 aliphatic rings. The lowest BCUT2D eigenvalue weighted by Gasteiger charge is -2.30. The maximum absolute atomic E-state index is 13.7. The molecule has 1 aliphatic heterocycles. The lowest BCUT2D eigenvalue weighted by molar-refractivity contribution is -0.113. The summed E-state index contributed by atoms with van der Waals surface area (Å²) in [5, 5.41) is 13.0. The number of rotatable bonds is 7. The fourth-order valence-corrected chi connectivity index (χ4v) is 4.80. The SMILES string of the molecule is COc1cc(OC)c(C2C(C(=O)Nc3cccnc3)=C(C)Nc3nc(-c4cccs4)nn32)cc1OC. The molecule has 0 aliphatic carbocycles. The molecule has 5 rings (SSSR count). The first kappa shape index (κ1) is 23.4. The van der Waals surface area contributed by atoms with Gasteiger partial charge in [-0.15, -0.1) is 16.4 Å². The number of carbonyl (C=O) groups is 1. The van der Waals surface area contributed by atoms with Crippen molar-refractivity contribution in [1.29, 1.82) is 0 Å². The highest BCUT2D eigenvalue weighted by molar-refractivity contribution is 7.13. The Bertz CT molecular complexity index is 1430. The minimum absolute atomic E-state index is 0.311. The first-order chi connectivity index (χ1) is 17.5. The summed E-state index contributed by atoms with van der Waals surface area (Å²) in [7, 11) is 4.68. The van der Waals surface area contributed by atoms with E-state index in [1.54, 1.807) is 62.7 Å². The highest BCUT2D eigenvalue weighted by atomic mass is 32.1. The minimum Gasteiger partial charge on any atom is -0.496 e. The Hall–Kier alpha value is -4.38. The monoisotopic (exact) mass is 504 g/mol. The van der Waals surface area contributed by atoms with Crippen LogP contribution in [0.25, 0.3) is 10.7 Å². The van der Waals surface area contributed by atoms with Gasteiger partial charge >= 0.3 is 0 Å². The van der Waals surface area contributed by atoms with E-state index < -0.39 is 6.04 Å². The van der Waals surface area contributed by atoms with Gasteiger partial charge in [0.25, 0.3) is 5.91 Å². The van der Waals surface area contributed by atoms with Gasteiger partial charge in [-0.1, -0.05) is 6.07 Å². The maximum Gasteiger partial charge on any atom is 0.255 e. The van der Waals surface area contributed by atoms with Crippen LogP contribution in [0.5, 0.6) is 17.2 Å². The summed E-state index contributed by atoms with van der Waals surface area (Å²) in [6, 6.07) is 10.3. The largest absolute Gasteiger partial charge is 0.496 e. The molecule has 10 nitrogen and oxygen atoms in total. The number of anilines is 2. The highest BCUT2D eigenvalue weighted by Crippen LogP contribution is 2.44. The number of pyridine rings is 1. The Balaban J connectivity index is 1.69. The van der Waals surface area contributed by atoms with Gasteiger partial charge in [0.1, 0.15) is 11.8 Å². The number of fused-ring (bicyclic) bond motifs is 1. The molecule has 3 aromatic heterocycles. The summed E-state index contributed by atoms with van der Waals surface area (Å²) in [6.07, 6.45) is 3.24. The number of benzene rings is 1. The standard InChI is InChI=1S/C25H24N6O4S/c1-14-21(24(32)28-15-7-5-9-26-13-15)22(16-11-18(34-3)19(35-4)12-17(16)33-2)31-25(27-14)29-23(30-31)20-8-6-10-36-20/h5-13,22H,1-4H3,(H,28,32)(H,27,29,30). The first-order valence-electron chi connectivity index (χ1n) is 11.0. The van der Waals surface area contributed by atoms with Crippen LogP contribution in [-0.2, 0) is 4.79 Å². The van der Waals surface area contributed by atoms with Crippen molar-refractivity contribution in [2.75, 3.05) is 32.0 Å². The molecule has 0 radical (unpaired) electrons. The van der Waals surface area contributed by atoms with Gasteiger partial charge in [0, 0.05) is 23.5 Å². The molecule has 4 heterocycles. The number of amides is 1. The van der Waals surface area contributed by atoms with Crippen molar-refractivity contribution in [3.8, 4) is 28.0 Å². The number of aromatic nitrogens is 4. The molecule has 2 N–H and O–H groups in total. The molecule has 0 spiro atoms. The van der Waals surface area contributed by atoms with E-state index in [0.717, 1.165) is 4.88 Å². The number of hydrogen-bond donors (Lipinski definition) is 2. The number of carbonyl (C=O) groups excluding carboxylic acids is 1. The van der Waals surface area contributed by atoms with Gasteiger partial charge in [0.15, 0.2) is 17.3 Å². The van der Waals surface area contributed by atoms with Gasteiger partial charge in [-0.05, 0) is 36.6 Å². The predicted octanol–water partition coefficient (Wildman–Crippen LogP) is 4.36. The molecule has 36 heavy (non-hydrogen) atoms. The lowest BCUT2D eigenvalue weighted by atomic mass is 9.93. The molecule has 4 aromatic rings. The number of nitrogens with one attached hydrogen (secondary N) is 2. The number of allylic oxidation sites excluding steroid dienone is 1. The summed E-state index contributed by atoms with van der Waals surface area (Å²) in [5.74, 6) is 2.27. The Morgan fingerprint density at radius 1 is 1.08 bits per heavy atom. The fourth-order valence-electron chi connectivity index (χ4n) is 4.14. The highest BCUT2D eigenvalue weighted by Gasteiger charge is 2.37. The Labute approximate surface area is 211 Å². The van der Waals surface area contributed by atoms with Crippen LogP contribution < -0.4 is 24.8 Å². The molecule has 0 fully saturated rings. The summed E-state index contributed by atoms with van der Waals surface area (Å²) in [6.45, 7) is 1.83. The quantitative estimate of drug-likeness (QED) is 0.382. The van der Waals surface area contributed by atoms with Crippen LogP contribution in [0, 0.1) is 0 Å². The molecule has 184 valence electrons. The second-order valence-corrected chi connectivity index (χ2v) is 8.84. The van der Waals surface area contributed by atoms with Crippen LogP contribution in [-0.4, -0.2) is 47.0 Å². The second-order valence-electron chi connectivity index (χ2n) is 7.89. The zero-order valence-corrected chi connectivity index (χ0v) is 20.9. The van der Waals surface area contributed by atoms with Crippen molar-refractivity contribution in [3.05, 3.63) is 71.0 Å². The summed E-state index contributed by atoms with van der Waals surface area (Å²) in [4.78, 5) is 23.4. The number of hydrogen-bond acceptors (Lipinski definition) is 9. The normalized spacial score (nSPS) is 14.6. The number of nitrogens with zero attached hydrogens (tertiary/aromatic N) is 4. The maximum atomic E-state index is 13.7. The van der Waals surface area contributed by atoms with E-state index >= 15 is 0 Å². The van der Waals surface area contributed by atoms with E-state index in [1.807, 2.05) is 24.4 Å². The third-order valence-corrected chi connectivity index (χ3v) is 6.65. The van der Waals surface area contributed by atoms with E-state index in [-0.39, 0.29) is 5.91 Å². The van der Waals surface area contributed by atoms with E-state index in [4.69, 9.17) is 24.3 Å². The molecule has 1 amide bonds. The fraction of sp³-hybridized carbons (Fsp3) is 0.200. The van der Waals surface area contributed by atoms with Crippen molar-refractivity contribution < 1.29 is 19.0 Å². The number of thiophene rings is 1. The average Bonchev–Trinajstić information content (AvgIpc) is 3.57. The molecule has 0 saturated heterocycles. The molecule has 0 bridgehead atoms. The topological polar surface area (TPSA) is 112 Å². The molecule has 1 atom stereocenters. The third kappa shape index (κ3) is 4.13. The molecular formula is C25H24N6O4S. The van der Waals surface area contributed by atoms with Crippen molar-refractivity contribution in [2.24, 2.45) is 0 Å². The Morgan fingerprint density at radius 3 is 2.53 bits per heavy atom. The van der Waals surface area contributed by atoms with Gasteiger partial charge in [0.2, 0.25) is 5.95 Å². The first-order valence-corrected chi connectivity index (χ1v) is 11.9. The van der Waals surface area contributed by atoms with E-state index in [2.05, 4.69) is 15.6 Å². The van der Waals surface area contributed by atoms with Crippen molar-refractivity contribution >= 4 is 28.9 Å². The molecule has 1 aromatic carbocycles. The van der Waals surface area contributed by atoms with E-state index in [1.165, 1.54) is 11.3 Å². The minimum atomic E-state index is -0.672. The third-order valence-electron chi connectivity index (χ3n) is 5.79. The molecular weight excluding hydrogens is 480 g/mol. The zero-order chi connectivity index (χ0) is 25.2. The second kappa shape index (κ2) is 9.70. The molecule has 11 heteroatoms.